The van der Waals surface area contributed by atoms with Crippen LogP contribution in [0.15, 0.2) is 48.5 Å². The minimum atomic E-state index is 0.633. The van der Waals surface area contributed by atoms with Gasteiger partial charge in [-0.05, 0) is 48.6 Å². The molecule has 0 unspecified atom stereocenters. The Morgan fingerprint density at radius 1 is 1.04 bits per heavy atom. The van der Waals surface area contributed by atoms with Gasteiger partial charge in [-0.15, -0.1) is 0 Å². The summed E-state index contributed by atoms with van der Waals surface area (Å²) in [6, 6.07) is 18.2. The lowest BCUT2D eigenvalue weighted by Crippen LogP contribution is -2.14. The van der Waals surface area contributed by atoms with E-state index in [1.807, 2.05) is 0 Å². The van der Waals surface area contributed by atoms with Crippen molar-refractivity contribution in [1.29, 1.82) is 0 Å². The number of hydrogen-bond donors (Lipinski definition) is 2. The first-order valence-corrected chi connectivity index (χ1v) is 9.31. The number of aryl methyl sites for hydroxylation is 1. The largest absolute Gasteiger partial charge is 0.381 e. The molecule has 0 spiro atoms. The van der Waals surface area contributed by atoms with Crippen molar-refractivity contribution in [3.8, 4) is 11.3 Å². The molecule has 0 amide bonds. The second-order valence-corrected chi connectivity index (χ2v) is 7.03. The minimum absolute atomic E-state index is 0.633. The molecule has 0 radical (unpaired) electrons. The fraction of sp³-hybridized carbons (Fsp3) is 0.364. The number of hydrogen-bond acceptors (Lipinski definition) is 1. The summed E-state index contributed by atoms with van der Waals surface area (Å²) in [5.41, 5.74) is 6.42. The summed E-state index contributed by atoms with van der Waals surface area (Å²) in [7, 11) is 0. The number of anilines is 1. The molecule has 24 heavy (non-hydrogen) atoms. The molecule has 0 bridgehead atoms. The maximum atomic E-state index is 3.82. The zero-order valence-corrected chi connectivity index (χ0v) is 14.4. The molecule has 1 saturated carbocycles. The molecule has 1 aliphatic rings. The molecule has 3 aromatic rings. The number of aromatic amines is 1. The van der Waals surface area contributed by atoms with Gasteiger partial charge in [0.2, 0.25) is 0 Å². The van der Waals surface area contributed by atoms with Crippen molar-refractivity contribution in [1.82, 2.24) is 4.98 Å². The van der Waals surface area contributed by atoms with E-state index in [1.165, 1.54) is 65.5 Å². The van der Waals surface area contributed by atoms with Crippen LogP contribution in [-0.4, -0.2) is 11.0 Å². The molecule has 1 aromatic heterocycles. The Bertz CT molecular complexity index is 811. The predicted octanol–water partition coefficient (Wildman–Crippen LogP) is 6.14. The molecule has 0 aliphatic heterocycles. The van der Waals surface area contributed by atoms with Crippen molar-refractivity contribution in [2.24, 2.45) is 0 Å². The molecule has 2 heteroatoms. The second kappa shape index (κ2) is 6.72. The lowest BCUT2D eigenvalue weighted by molar-refractivity contribution is 0.756. The number of nitrogens with one attached hydrogen (secondary N) is 2. The van der Waals surface area contributed by atoms with E-state index in [-0.39, 0.29) is 0 Å². The van der Waals surface area contributed by atoms with Crippen molar-refractivity contribution >= 4 is 16.6 Å². The molecule has 2 aromatic carbocycles. The molecular formula is C22H26N2. The van der Waals surface area contributed by atoms with E-state index in [0.717, 1.165) is 6.42 Å². The molecule has 4 rings (SSSR count). The van der Waals surface area contributed by atoms with Crippen LogP contribution in [0.5, 0.6) is 0 Å². The molecule has 0 saturated heterocycles. The fourth-order valence-electron chi connectivity index (χ4n) is 3.92. The van der Waals surface area contributed by atoms with Crippen molar-refractivity contribution in [2.75, 3.05) is 5.32 Å². The third-order valence-electron chi connectivity index (χ3n) is 5.13. The summed E-state index contributed by atoms with van der Waals surface area (Å²) >= 11 is 0. The SMILES string of the molecule is CCCc1cc(NC2CCCC2)c2[nH]c(-c3ccccc3)cc2c1. The number of rotatable bonds is 5. The topological polar surface area (TPSA) is 27.8 Å². The van der Waals surface area contributed by atoms with E-state index in [4.69, 9.17) is 0 Å². The summed E-state index contributed by atoms with van der Waals surface area (Å²) in [6.45, 7) is 2.25. The maximum Gasteiger partial charge on any atom is 0.0694 e. The average Bonchev–Trinajstić information content (AvgIpc) is 3.25. The van der Waals surface area contributed by atoms with Gasteiger partial charge < -0.3 is 10.3 Å². The summed E-state index contributed by atoms with van der Waals surface area (Å²) in [4.78, 5) is 3.66. The van der Waals surface area contributed by atoms with Crippen LogP contribution in [0.2, 0.25) is 0 Å². The highest BCUT2D eigenvalue weighted by atomic mass is 14.9. The highest BCUT2D eigenvalue weighted by Gasteiger charge is 2.17. The summed E-state index contributed by atoms with van der Waals surface area (Å²) < 4.78 is 0. The van der Waals surface area contributed by atoms with E-state index in [1.54, 1.807) is 0 Å². The Kier molecular flexibility index (Phi) is 4.29. The molecule has 1 aliphatic carbocycles. The lowest BCUT2D eigenvalue weighted by Gasteiger charge is -2.15. The number of aromatic nitrogens is 1. The van der Waals surface area contributed by atoms with Gasteiger partial charge in [-0.3, -0.25) is 0 Å². The van der Waals surface area contributed by atoms with Crippen LogP contribution in [0.3, 0.4) is 0 Å². The Hall–Kier alpha value is -2.22. The van der Waals surface area contributed by atoms with Gasteiger partial charge in [-0.2, -0.15) is 0 Å². The third kappa shape index (κ3) is 3.06. The summed E-state index contributed by atoms with van der Waals surface area (Å²) in [5.74, 6) is 0. The quantitative estimate of drug-likeness (QED) is 0.581. The molecule has 2 N–H and O–H groups in total. The van der Waals surface area contributed by atoms with Crippen molar-refractivity contribution in [2.45, 2.75) is 51.5 Å². The predicted molar refractivity (Wildman–Crippen MR) is 104 cm³/mol. The van der Waals surface area contributed by atoms with Crippen LogP contribution < -0.4 is 5.32 Å². The maximum absolute atomic E-state index is 3.82. The molecule has 0 atom stereocenters. The van der Waals surface area contributed by atoms with E-state index in [2.05, 4.69) is 65.8 Å². The van der Waals surface area contributed by atoms with Gasteiger partial charge in [-0.25, -0.2) is 0 Å². The van der Waals surface area contributed by atoms with Crippen molar-refractivity contribution in [3.63, 3.8) is 0 Å². The molecule has 1 heterocycles. The molecule has 1 fully saturated rings. The van der Waals surface area contributed by atoms with E-state index < -0.39 is 0 Å². The van der Waals surface area contributed by atoms with Crippen molar-refractivity contribution in [3.05, 3.63) is 54.1 Å². The number of benzene rings is 2. The Morgan fingerprint density at radius 2 is 1.83 bits per heavy atom. The van der Waals surface area contributed by atoms with Crippen LogP contribution in [0.25, 0.3) is 22.2 Å². The number of fused-ring (bicyclic) bond motifs is 1. The highest BCUT2D eigenvalue weighted by molar-refractivity contribution is 5.95. The van der Waals surface area contributed by atoms with Gasteiger partial charge in [0.15, 0.2) is 0 Å². The molecule has 2 nitrogen and oxygen atoms in total. The van der Waals surface area contributed by atoms with E-state index in [9.17, 15) is 0 Å². The van der Waals surface area contributed by atoms with Crippen LogP contribution in [-0.2, 0) is 6.42 Å². The zero-order chi connectivity index (χ0) is 16.4. The van der Waals surface area contributed by atoms with Gasteiger partial charge >= 0.3 is 0 Å². The highest BCUT2D eigenvalue weighted by Crippen LogP contribution is 2.32. The van der Waals surface area contributed by atoms with Crippen molar-refractivity contribution < 1.29 is 0 Å². The minimum Gasteiger partial charge on any atom is -0.381 e. The Morgan fingerprint density at radius 3 is 2.58 bits per heavy atom. The Balaban J connectivity index is 1.77. The third-order valence-corrected chi connectivity index (χ3v) is 5.13. The van der Waals surface area contributed by atoms with Crippen LogP contribution in [0.4, 0.5) is 5.69 Å². The van der Waals surface area contributed by atoms with E-state index >= 15 is 0 Å². The number of H-pyrrole nitrogens is 1. The standard InChI is InChI=1S/C22H26N2/c1-2-8-16-13-18-15-20(17-9-4-3-5-10-17)24-22(18)21(14-16)23-19-11-6-7-12-19/h3-5,9-10,13-15,19,23-24H,2,6-8,11-12H2,1H3. The van der Waals surface area contributed by atoms with E-state index in [0.29, 0.717) is 6.04 Å². The average molecular weight is 318 g/mol. The summed E-state index contributed by atoms with van der Waals surface area (Å²) in [5, 5.41) is 5.14. The normalized spacial score (nSPS) is 15.2. The summed E-state index contributed by atoms with van der Waals surface area (Å²) in [6.07, 6.45) is 7.63. The first-order valence-electron chi connectivity index (χ1n) is 9.31. The second-order valence-electron chi connectivity index (χ2n) is 7.03. The zero-order valence-electron chi connectivity index (χ0n) is 14.4. The van der Waals surface area contributed by atoms with Gasteiger partial charge in [0, 0.05) is 17.1 Å². The first kappa shape index (κ1) is 15.3. The van der Waals surface area contributed by atoms with Crippen LogP contribution in [0, 0.1) is 0 Å². The molecule has 124 valence electrons. The van der Waals surface area contributed by atoms with Gasteiger partial charge in [-0.1, -0.05) is 56.5 Å². The Labute approximate surface area is 144 Å². The first-order chi connectivity index (χ1) is 11.8. The monoisotopic (exact) mass is 318 g/mol. The van der Waals surface area contributed by atoms with Gasteiger partial charge in [0.25, 0.3) is 0 Å². The van der Waals surface area contributed by atoms with Crippen LogP contribution in [0.1, 0.15) is 44.6 Å². The smallest absolute Gasteiger partial charge is 0.0694 e. The lowest BCUT2D eigenvalue weighted by atomic mass is 10.1. The van der Waals surface area contributed by atoms with Gasteiger partial charge in [0.1, 0.15) is 0 Å². The van der Waals surface area contributed by atoms with Gasteiger partial charge in [0.05, 0.1) is 11.2 Å². The fourth-order valence-corrected chi connectivity index (χ4v) is 3.92. The van der Waals surface area contributed by atoms with Crippen LogP contribution >= 0.6 is 0 Å². The molecular weight excluding hydrogens is 292 g/mol.